The molecule has 0 saturated carbocycles. The average molecular weight is 412 g/mol. The van der Waals surface area contributed by atoms with Gasteiger partial charge < -0.3 is 10.1 Å². The van der Waals surface area contributed by atoms with Gasteiger partial charge in [0.1, 0.15) is 5.75 Å². The Kier molecular flexibility index (Phi) is 6.65. The summed E-state index contributed by atoms with van der Waals surface area (Å²) in [6.07, 6.45) is 0. The molecule has 3 aromatic carbocycles. The summed E-state index contributed by atoms with van der Waals surface area (Å²) in [6.45, 7) is 3.98. The third-order valence-electron chi connectivity index (χ3n) is 4.47. The summed E-state index contributed by atoms with van der Waals surface area (Å²) in [4.78, 5) is 13.9. The Labute approximate surface area is 175 Å². The van der Waals surface area contributed by atoms with E-state index in [4.69, 9.17) is 16.3 Å². The molecule has 3 rings (SSSR count). The van der Waals surface area contributed by atoms with E-state index in [1.54, 1.807) is 24.9 Å². The summed E-state index contributed by atoms with van der Waals surface area (Å²) in [6, 6.07) is 19.2. The Hall–Kier alpha value is -2.43. The largest absolute Gasteiger partial charge is 0.496 e. The highest BCUT2D eigenvalue weighted by Gasteiger charge is 2.13. The van der Waals surface area contributed by atoms with Crippen molar-refractivity contribution in [1.29, 1.82) is 0 Å². The number of benzene rings is 3. The van der Waals surface area contributed by atoms with Crippen LogP contribution >= 0.6 is 23.4 Å². The zero-order chi connectivity index (χ0) is 20.1. The predicted molar refractivity (Wildman–Crippen MR) is 118 cm³/mol. The maximum atomic E-state index is 12.8. The van der Waals surface area contributed by atoms with Gasteiger partial charge in [0.15, 0.2) is 0 Å². The van der Waals surface area contributed by atoms with Crippen molar-refractivity contribution in [3.05, 3.63) is 87.9 Å². The molecule has 1 N–H and O–H groups in total. The van der Waals surface area contributed by atoms with Gasteiger partial charge in [-0.2, -0.15) is 0 Å². The second-order valence-electron chi connectivity index (χ2n) is 6.49. The summed E-state index contributed by atoms with van der Waals surface area (Å²) in [5, 5.41) is 3.75. The smallest absolute Gasteiger partial charge is 0.255 e. The number of para-hydroxylation sites is 1. The molecule has 0 aliphatic rings. The lowest BCUT2D eigenvalue weighted by atomic mass is 10.1. The van der Waals surface area contributed by atoms with E-state index in [0.717, 1.165) is 33.0 Å². The number of rotatable bonds is 6. The number of nitrogens with one attached hydrogen (secondary N) is 1. The van der Waals surface area contributed by atoms with Crippen molar-refractivity contribution in [2.24, 2.45) is 0 Å². The van der Waals surface area contributed by atoms with Crippen molar-refractivity contribution in [1.82, 2.24) is 0 Å². The number of ether oxygens (including phenoxy) is 1. The van der Waals surface area contributed by atoms with Crippen LogP contribution in [0, 0.1) is 13.8 Å². The summed E-state index contributed by atoms with van der Waals surface area (Å²) in [5.41, 5.74) is 4.52. The number of methoxy groups -OCH3 is 1. The van der Waals surface area contributed by atoms with Gasteiger partial charge in [-0.05, 0) is 67.4 Å². The van der Waals surface area contributed by atoms with E-state index < -0.39 is 0 Å². The Morgan fingerprint density at radius 3 is 2.36 bits per heavy atom. The molecule has 0 fully saturated rings. The van der Waals surface area contributed by atoms with Gasteiger partial charge in [0, 0.05) is 32.5 Å². The van der Waals surface area contributed by atoms with Crippen LogP contribution in [-0.4, -0.2) is 13.0 Å². The molecule has 0 heterocycles. The molecule has 3 aromatic rings. The highest BCUT2D eigenvalue weighted by molar-refractivity contribution is 7.98. The van der Waals surface area contributed by atoms with Crippen molar-refractivity contribution in [2.75, 3.05) is 12.4 Å². The number of carbonyl (C=O) groups excluding carboxylic acids is 1. The first kappa shape index (κ1) is 20.3. The topological polar surface area (TPSA) is 38.3 Å². The number of hydrogen-bond acceptors (Lipinski definition) is 3. The normalized spacial score (nSPS) is 10.6. The Bertz CT molecular complexity index is 966. The lowest BCUT2D eigenvalue weighted by molar-refractivity contribution is 0.102. The van der Waals surface area contributed by atoms with Gasteiger partial charge in [0.2, 0.25) is 0 Å². The summed E-state index contributed by atoms with van der Waals surface area (Å²) < 4.78 is 5.48. The molecule has 0 aliphatic heterocycles. The van der Waals surface area contributed by atoms with Crippen LogP contribution in [0.5, 0.6) is 5.75 Å². The summed E-state index contributed by atoms with van der Waals surface area (Å²) >= 11 is 7.62. The number of carbonyl (C=O) groups is 1. The maximum absolute atomic E-state index is 12.8. The molecule has 0 unspecified atom stereocenters. The standard InChI is InChI=1S/C23H22ClNO2S/c1-15-5-4-6-16(2)22(15)25-23(26)17-7-12-21(27-3)18(13-17)14-28-20-10-8-19(24)9-11-20/h4-13H,14H2,1-3H3,(H,25,26). The number of thioether (sulfide) groups is 1. The number of amides is 1. The lowest BCUT2D eigenvalue weighted by Crippen LogP contribution is -2.14. The Morgan fingerprint density at radius 2 is 1.71 bits per heavy atom. The third kappa shape index (κ3) is 4.89. The van der Waals surface area contributed by atoms with E-state index in [-0.39, 0.29) is 5.91 Å². The van der Waals surface area contributed by atoms with Gasteiger partial charge in [0.25, 0.3) is 5.91 Å². The zero-order valence-electron chi connectivity index (χ0n) is 16.1. The second kappa shape index (κ2) is 9.18. The molecule has 0 spiro atoms. The molecule has 0 aliphatic carbocycles. The van der Waals surface area contributed by atoms with Crippen LogP contribution in [0.2, 0.25) is 5.02 Å². The Morgan fingerprint density at radius 1 is 1.04 bits per heavy atom. The van der Waals surface area contributed by atoms with E-state index in [1.165, 1.54) is 0 Å². The molecule has 144 valence electrons. The zero-order valence-corrected chi connectivity index (χ0v) is 17.7. The van der Waals surface area contributed by atoms with Crippen LogP contribution in [0.1, 0.15) is 27.0 Å². The molecule has 3 nitrogen and oxygen atoms in total. The van der Waals surface area contributed by atoms with Crippen LogP contribution in [0.3, 0.4) is 0 Å². The van der Waals surface area contributed by atoms with Gasteiger partial charge in [-0.1, -0.05) is 29.8 Å². The predicted octanol–water partition coefficient (Wildman–Crippen LogP) is 6.51. The minimum atomic E-state index is -0.127. The van der Waals surface area contributed by atoms with Crippen molar-refractivity contribution in [3.63, 3.8) is 0 Å². The number of aryl methyl sites for hydroxylation is 2. The molecule has 0 bridgehead atoms. The quantitative estimate of drug-likeness (QED) is 0.470. The van der Waals surface area contributed by atoms with Gasteiger partial charge in [0.05, 0.1) is 7.11 Å². The van der Waals surface area contributed by atoms with E-state index in [0.29, 0.717) is 16.3 Å². The molecule has 0 aromatic heterocycles. The van der Waals surface area contributed by atoms with Crippen molar-refractivity contribution in [2.45, 2.75) is 24.5 Å². The van der Waals surface area contributed by atoms with Crippen molar-refractivity contribution >= 4 is 35.0 Å². The SMILES string of the molecule is COc1ccc(C(=O)Nc2c(C)cccc2C)cc1CSc1ccc(Cl)cc1. The average Bonchev–Trinajstić information content (AvgIpc) is 2.70. The van der Waals surface area contributed by atoms with E-state index in [9.17, 15) is 4.79 Å². The van der Waals surface area contributed by atoms with Gasteiger partial charge in [-0.25, -0.2) is 0 Å². The van der Waals surface area contributed by atoms with Crippen LogP contribution in [0.25, 0.3) is 0 Å². The third-order valence-corrected chi connectivity index (χ3v) is 5.78. The van der Waals surface area contributed by atoms with Crippen LogP contribution in [0.4, 0.5) is 5.69 Å². The second-order valence-corrected chi connectivity index (χ2v) is 7.98. The summed E-state index contributed by atoms with van der Waals surface area (Å²) in [7, 11) is 1.64. The molecule has 5 heteroatoms. The van der Waals surface area contributed by atoms with Crippen LogP contribution < -0.4 is 10.1 Å². The van der Waals surface area contributed by atoms with Crippen LogP contribution in [0.15, 0.2) is 65.6 Å². The lowest BCUT2D eigenvalue weighted by Gasteiger charge is -2.13. The number of hydrogen-bond donors (Lipinski definition) is 1. The van der Waals surface area contributed by atoms with E-state index >= 15 is 0 Å². The van der Waals surface area contributed by atoms with Crippen molar-refractivity contribution < 1.29 is 9.53 Å². The van der Waals surface area contributed by atoms with Crippen LogP contribution in [-0.2, 0) is 5.75 Å². The number of halogens is 1. The van der Waals surface area contributed by atoms with E-state index in [2.05, 4.69) is 5.32 Å². The maximum Gasteiger partial charge on any atom is 0.255 e. The van der Waals surface area contributed by atoms with Gasteiger partial charge >= 0.3 is 0 Å². The molecule has 1 amide bonds. The highest BCUT2D eigenvalue weighted by atomic mass is 35.5. The monoisotopic (exact) mass is 411 g/mol. The van der Waals surface area contributed by atoms with Crippen molar-refractivity contribution in [3.8, 4) is 5.75 Å². The fourth-order valence-electron chi connectivity index (χ4n) is 2.92. The first-order valence-corrected chi connectivity index (χ1v) is 10.3. The molecule has 0 saturated heterocycles. The fraction of sp³-hybridized carbons (Fsp3) is 0.174. The Balaban J connectivity index is 1.79. The van der Waals surface area contributed by atoms with Gasteiger partial charge in [-0.15, -0.1) is 11.8 Å². The molecule has 28 heavy (non-hydrogen) atoms. The molecular formula is C23H22ClNO2S. The minimum Gasteiger partial charge on any atom is -0.496 e. The van der Waals surface area contributed by atoms with E-state index in [1.807, 2.05) is 68.4 Å². The minimum absolute atomic E-state index is 0.127. The first-order valence-electron chi connectivity index (χ1n) is 8.91. The first-order chi connectivity index (χ1) is 13.5. The number of anilines is 1. The summed E-state index contributed by atoms with van der Waals surface area (Å²) in [5.74, 6) is 1.33. The molecular weight excluding hydrogens is 390 g/mol. The molecule has 0 radical (unpaired) electrons. The van der Waals surface area contributed by atoms with Gasteiger partial charge in [-0.3, -0.25) is 4.79 Å². The fourth-order valence-corrected chi connectivity index (χ4v) is 3.92. The highest BCUT2D eigenvalue weighted by Crippen LogP contribution is 2.30. The molecule has 0 atom stereocenters.